The van der Waals surface area contributed by atoms with Crippen molar-refractivity contribution in [1.29, 1.82) is 0 Å². The highest BCUT2D eigenvalue weighted by molar-refractivity contribution is 9.10. The molecule has 0 aliphatic carbocycles. The van der Waals surface area contributed by atoms with E-state index in [0.29, 0.717) is 11.1 Å². The molecule has 0 aliphatic heterocycles. The molecular weight excluding hydrogens is 426 g/mol. The van der Waals surface area contributed by atoms with E-state index >= 15 is 0 Å². The van der Waals surface area contributed by atoms with Gasteiger partial charge in [0, 0.05) is 20.9 Å². The highest BCUT2D eigenvalue weighted by Crippen LogP contribution is 2.30. The van der Waals surface area contributed by atoms with Crippen molar-refractivity contribution in [3.8, 4) is 11.1 Å². The summed E-state index contributed by atoms with van der Waals surface area (Å²) in [5.74, 6) is -0.323. The van der Waals surface area contributed by atoms with Gasteiger partial charge in [-0.25, -0.2) is 0 Å². The van der Waals surface area contributed by atoms with Gasteiger partial charge in [0.1, 0.15) is 0 Å². The fraction of sp³-hybridized carbons (Fsp3) is 0.0400. The van der Waals surface area contributed by atoms with Crippen LogP contribution in [0.25, 0.3) is 28.1 Å². The molecule has 0 radical (unpaired) electrons. The Hall–Kier alpha value is -3.24. The van der Waals surface area contributed by atoms with Crippen molar-refractivity contribution in [3.05, 3.63) is 110 Å². The number of nitrogens with one attached hydrogen (secondary N) is 1. The quantitative estimate of drug-likeness (QED) is 0.303. The monoisotopic (exact) mass is 443 g/mol. The molecule has 0 bridgehead atoms. The number of hydrogen-bond donors (Lipinski definition) is 1. The summed E-state index contributed by atoms with van der Waals surface area (Å²) in [5, 5.41) is 0.858. The average molecular weight is 444 g/mol. The normalized spacial score (nSPS) is 11.2. The van der Waals surface area contributed by atoms with Crippen LogP contribution in [0.5, 0.6) is 0 Å². The number of carbonyl (C=O) groups excluding carboxylic acids is 1. The highest BCUT2D eigenvalue weighted by Gasteiger charge is 2.19. The molecule has 1 aromatic heterocycles. The number of rotatable bonds is 4. The van der Waals surface area contributed by atoms with Crippen LogP contribution in [0.2, 0.25) is 0 Å². The van der Waals surface area contributed by atoms with Gasteiger partial charge in [-0.2, -0.15) is 0 Å². The zero-order chi connectivity index (χ0) is 20.4. The van der Waals surface area contributed by atoms with Crippen LogP contribution < -0.4 is 5.56 Å². The standard InChI is InChI=1S/C25H18BrNO2/c1-16-7-13-21-20(15-16)23(18-5-3-2-4-6-18)24(25(29)27-21)22(28)14-10-17-8-11-19(26)12-9-17/h2-15H,1H3,(H,27,29). The van der Waals surface area contributed by atoms with Crippen LogP contribution >= 0.6 is 15.9 Å². The third-order valence-corrected chi connectivity index (χ3v) is 5.30. The number of H-pyrrole nitrogens is 1. The second-order valence-electron chi connectivity index (χ2n) is 6.87. The lowest BCUT2D eigenvalue weighted by Gasteiger charge is -2.12. The number of aryl methyl sites for hydroxylation is 1. The number of carbonyl (C=O) groups is 1. The van der Waals surface area contributed by atoms with Gasteiger partial charge in [-0.05, 0) is 48.4 Å². The molecule has 3 aromatic carbocycles. The first kappa shape index (κ1) is 19.1. The highest BCUT2D eigenvalue weighted by atomic mass is 79.9. The zero-order valence-corrected chi connectivity index (χ0v) is 17.4. The molecular formula is C25H18BrNO2. The summed E-state index contributed by atoms with van der Waals surface area (Å²) in [7, 11) is 0. The molecule has 3 nitrogen and oxygen atoms in total. The summed E-state index contributed by atoms with van der Waals surface area (Å²) in [5.41, 5.74) is 3.94. The first-order chi connectivity index (χ1) is 14.0. The lowest BCUT2D eigenvalue weighted by Crippen LogP contribution is -2.18. The summed E-state index contributed by atoms with van der Waals surface area (Å²) in [6, 6.07) is 23.0. The Kier molecular flexibility index (Phi) is 5.28. The topological polar surface area (TPSA) is 49.9 Å². The Morgan fingerprint density at radius 3 is 2.41 bits per heavy atom. The molecule has 0 unspecified atom stereocenters. The number of ketones is 1. The molecule has 29 heavy (non-hydrogen) atoms. The Balaban J connectivity index is 1.91. The predicted octanol–water partition coefficient (Wildman–Crippen LogP) is 6.16. The molecule has 0 saturated heterocycles. The SMILES string of the molecule is Cc1ccc2[nH]c(=O)c(C(=O)C=Cc3ccc(Br)cc3)c(-c3ccccc3)c2c1. The Bertz CT molecular complexity index is 1290. The average Bonchev–Trinajstić information content (AvgIpc) is 2.73. The maximum atomic E-state index is 13.1. The predicted molar refractivity (Wildman–Crippen MR) is 122 cm³/mol. The van der Waals surface area contributed by atoms with Crippen molar-refractivity contribution >= 4 is 38.7 Å². The minimum absolute atomic E-state index is 0.155. The third kappa shape index (κ3) is 3.98. The van der Waals surface area contributed by atoms with Crippen molar-refractivity contribution in [1.82, 2.24) is 4.98 Å². The number of hydrogen-bond acceptors (Lipinski definition) is 2. The van der Waals surface area contributed by atoms with E-state index in [1.165, 1.54) is 6.08 Å². The van der Waals surface area contributed by atoms with E-state index in [0.717, 1.165) is 26.5 Å². The maximum Gasteiger partial charge on any atom is 0.260 e. The molecule has 0 fully saturated rings. The molecule has 4 heteroatoms. The number of pyridine rings is 1. The van der Waals surface area contributed by atoms with E-state index in [-0.39, 0.29) is 16.9 Å². The molecule has 0 aliphatic rings. The number of aromatic nitrogens is 1. The van der Waals surface area contributed by atoms with Gasteiger partial charge >= 0.3 is 0 Å². The molecule has 0 amide bonds. The zero-order valence-electron chi connectivity index (χ0n) is 15.8. The van der Waals surface area contributed by atoms with Gasteiger partial charge in [0.2, 0.25) is 0 Å². The smallest absolute Gasteiger partial charge is 0.260 e. The number of fused-ring (bicyclic) bond motifs is 1. The Morgan fingerprint density at radius 2 is 1.69 bits per heavy atom. The van der Waals surface area contributed by atoms with Crippen LogP contribution in [-0.4, -0.2) is 10.8 Å². The van der Waals surface area contributed by atoms with Crippen LogP contribution in [0.15, 0.2) is 88.1 Å². The summed E-state index contributed by atoms with van der Waals surface area (Å²) in [6.07, 6.45) is 3.19. The maximum absolute atomic E-state index is 13.1. The first-order valence-electron chi connectivity index (χ1n) is 9.23. The number of allylic oxidation sites excluding steroid dienone is 1. The van der Waals surface area contributed by atoms with E-state index in [2.05, 4.69) is 20.9 Å². The van der Waals surface area contributed by atoms with Gasteiger partial charge in [-0.15, -0.1) is 0 Å². The Morgan fingerprint density at radius 1 is 0.966 bits per heavy atom. The van der Waals surface area contributed by atoms with E-state index in [4.69, 9.17) is 0 Å². The van der Waals surface area contributed by atoms with E-state index < -0.39 is 0 Å². The van der Waals surface area contributed by atoms with E-state index in [1.807, 2.05) is 79.7 Å². The van der Waals surface area contributed by atoms with Crippen LogP contribution in [0.4, 0.5) is 0 Å². The lowest BCUT2D eigenvalue weighted by molar-refractivity contribution is 0.104. The molecule has 1 heterocycles. The van der Waals surface area contributed by atoms with Crippen molar-refractivity contribution in [2.75, 3.05) is 0 Å². The fourth-order valence-electron chi connectivity index (χ4n) is 3.38. The molecule has 0 spiro atoms. The minimum Gasteiger partial charge on any atom is -0.321 e. The van der Waals surface area contributed by atoms with Crippen LogP contribution in [0.1, 0.15) is 21.5 Å². The molecule has 142 valence electrons. The molecule has 4 aromatic rings. The fourth-order valence-corrected chi connectivity index (χ4v) is 3.64. The number of halogens is 1. The number of aromatic amines is 1. The molecule has 0 atom stereocenters. The number of benzene rings is 3. The molecule has 0 saturated carbocycles. The van der Waals surface area contributed by atoms with Crippen molar-refractivity contribution in [2.45, 2.75) is 6.92 Å². The van der Waals surface area contributed by atoms with Crippen LogP contribution in [0, 0.1) is 6.92 Å². The van der Waals surface area contributed by atoms with Crippen molar-refractivity contribution in [3.63, 3.8) is 0 Å². The van der Waals surface area contributed by atoms with Gasteiger partial charge in [0.25, 0.3) is 5.56 Å². The summed E-state index contributed by atoms with van der Waals surface area (Å²) < 4.78 is 0.966. The summed E-state index contributed by atoms with van der Waals surface area (Å²) in [6.45, 7) is 1.99. The molecule has 1 N–H and O–H groups in total. The third-order valence-electron chi connectivity index (χ3n) is 4.78. The van der Waals surface area contributed by atoms with Gasteiger partial charge < -0.3 is 4.98 Å². The van der Waals surface area contributed by atoms with Crippen LogP contribution in [0.3, 0.4) is 0 Å². The second-order valence-corrected chi connectivity index (χ2v) is 7.78. The van der Waals surface area contributed by atoms with Gasteiger partial charge in [-0.1, -0.05) is 76.1 Å². The van der Waals surface area contributed by atoms with Gasteiger partial charge in [-0.3, -0.25) is 9.59 Å². The van der Waals surface area contributed by atoms with E-state index in [1.54, 1.807) is 6.08 Å². The van der Waals surface area contributed by atoms with Crippen molar-refractivity contribution in [2.24, 2.45) is 0 Å². The Labute approximate surface area is 176 Å². The van der Waals surface area contributed by atoms with E-state index in [9.17, 15) is 9.59 Å². The van der Waals surface area contributed by atoms with Crippen LogP contribution in [-0.2, 0) is 0 Å². The lowest BCUT2D eigenvalue weighted by atomic mass is 9.93. The van der Waals surface area contributed by atoms with Gasteiger partial charge in [0.15, 0.2) is 5.78 Å². The minimum atomic E-state index is -0.384. The first-order valence-corrected chi connectivity index (χ1v) is 10.0. The second kappa shape index (κ2) is 8.02. The molecule has 4 rings (SSSR count). The largest absolute Gasteiger partial charge is 0.321 e. The van der Waals surface area contributed by atoms with Gasteiger partial charge in [0.05, 0.1) is 5.56 Å². The van der Waals surface area contributed by atoms with Crippen molar-refractivity contribution < 1.29 is 4.79 Å². The summed E-state index contributed by atoms with van der Waals surface area (Å²) in [4.78, 5) is 28.9. The summed E-state index contributed by atoms with van der Waals surface area (Å²) >= 11 is 3.40.